The molecule has 0 saturated carbocycles. The molecule has 0 aliphatic heterocycles. The summed E-state index contributed by atoms with van der Waals surface area (Å²) in [5, 5.41) is 2.64. The Labute approximate surface area is 106 Å². The number of nitrogens with two attached hydrogens (primary N) is 1. The molecule has 2 atom stereocenters. The highest BCUT2D eigenvalue weighted by Crippen LogP contribution is 2.25. The van der Waals surface area contributed by atoms with Crippen molar-refractivity contribution in [2.75, 3.05) is 6.54 Å². The molecule has 1 amide bonds. The van der Waals surface area contributed by atoms with E-state index in [1.165, 1.54) is 12.1 Å². The molecule has 100 valence electrons. The van der Waals surface area contributed by atoms with Crippen molar-refractivity contribution < 1.29 is 13.9 Å². The van der Waals surface area contributed by atoms with E-state index in [0.717, 1.165) is 0 Å². The van der Waals surface area contributed by atoms with Gasteiger partial charge in [0.15, 0.2) is 6.10 Å². The van der Waals surface area contributed by atoms with Crippen molar-refractivity contribution in [3.63, 3.8) is 0 Å². The van der Waals surface area contributed by atoms with Crippen molar-refractivity contribution in [1.29, 1.82) is 0 Å². The van der Waals surface area contributed by atoms with Gasteiger partial charge in [0.2, 0.25) is 0 Å². The molecule has 1 unspecified atom stereocenters. The fourth-order valence-corrected chi connectivity index (χ4v) is 1.55. The summed E-state index contributed by atoms with van der Waals surface area (Å²) in [6.45, 7) is 5.73. The first-order valence-corrected chi connectivity index (χ1v) is 5.95. The van der Waals surface area contributed by atoms with Crippen LogP contribution >= 0.6 is 0 Å². The molecule has 0 aliphatic rings. The third-order valence-corrected chi connectivity index (χ3v) is 2.49. The van der Waals surface area contributed by atoms with Crippen molar-refractivity contribution >= 4 is 5.91 Å². The Morgan fingerprint density at radius 1 is 1.50 bits per heavy atom. The highest BCUT2D eigenvalue weighted by molar-refractivity contribution is 5.80. The van der Waals surface area contributed by atoms with Gasteiger partial charge in [-0.3, -0.25) is 4.79 Å². The smallest absolute Gasteiger partial charge is 0.260 e. The maximum atomic E-state index is 13.2. The second-order valence-corrected chi connectivity index (χ2v) is 4.13. The van der Waals surface area contributed by atoms with Gasteiger partial charge < -0.3 is 15.8 Å². The number of ether oxygens (including phenoxy) is 1. The van der Waals surface area contributed by atoms with E-state index >= 15 is 0 Å². The van der Waals surface area contributed by atoms with E-state index in [2.05, 4.69) is 5.32 Å². The summed E-state index contributed by atoms with van der Waals surface area (Å²) < 4.78 is 18.7. The number of hydrogen-bond donors (Lipinski definition) is 2. The molecule has 0 saturated heterocycles. The van der Waals surface area contributed by atoms with Crippen LogP contribution in [0, 0.1) is 5.82 Å². The maximum absolute atomic E-state index is 13.2. The average molecular weight is 254 g/mol. The maximum Gasteiger partial charge on any atom is 0.260 e. The SMILES string of the molecule is CCNC(=O)C(C)Oc1cc(F)ccc1[C@@H](C)N. The molecule has 0 bridgehead atoms. The molecule has 1 aromatic carbocycles. The van der Waals surface area contributed by atoms with Gasteiger partial charge in [-0.05, 0) is 26.8 Å². The second-order valence-electron chi connectivity index (χ2n) is 4.13. The lowest BCUT2D eigenvalue weighted by Gasteiger charge is -2.18. The molecule has 18 heavy (non-hydrogen) atoms. The first-order chi connectivity index (χ1) is 8.45. The zero-order valence-electron chi connectivity index (χ0n) is 10.9. The van der Waals surface area contributed by atoms with Crippen LogP contribution in [0.3, 0.4) is 0 Å². The van der Waals surface area contributed by atoms with Crippen LogP contribution in [0.1, 0.15) is 32.4 Å². The fourth-order valence-electron chi connectivity index (χ4n) is 1.55. The summed E-state index contributed by atoms with van der Waals surface area (Å²) in [6, 6.07) is 3.85. The topological polar surface area (TPSA) is 64.3 Å². The number of benzene rings is 1. The molecule has 3 N–H and O–H groups in total. The molecular weight excluding hydrogens is 235 g/mol. The molecule has 0 heterocycles. The zero-order chi connectivity index (χ0) is 13.7. The minimum atomic E-state index is -0.691. The third kappa shape index (κ3) is 3.70. The standard InChI is InChI=1S/C13H19FN2O2/c1-4-16-13(17)9(3)18-12-7-10(14)5-6-11(12)8(2)15/h5-9H,4,15H2,1-3H3,(H,16,17)/t8-,9?/m1/s1. The normalized spacial score (nSPS) is 13.8. The van der Waals surface area contributed by atoms with Crippen molar-refractivity contribution in [3.8, 4) is 5.75 Å². The third-order valence-electron chi connectivity index (χ3n) is 2.49. The quantitative estimate of drug-likeness (QED) is 0.841. The summed E-state index contributed by atoms with van der Waals surface area (Å²) in [5.41, 5.74) is 6.45. The summed E-state index contributed by atoms with van der Waals surface area (Å²) >= 11 is 0. The van der Waals surface area contributed by atoms with Gasteiger partial charge in [-0.2, -0.15) is 0 Å². The van der Waals surface area contributed by atoms with E-state index in [0.29, 0.717) is 17.9 Å². The Morgan fingerprint density at radius 3 is 2.72 bits per heavy atom. The van der Waals surface area contributed by atoms with Crippen molar-refractivity contribution in [3.05, 3.63) is 29.6 Å². The molecule has 1 aromatic rings. The lowest BCUT2D eigenvalue weighted by atomic mass is 10.1. The number of likely N-dealkylation sites (N-methyl/N-ethyl adjacent to an activating group) is 1. The molecule has 4 nitrogen and oxygen atoms in total. The molecule has 0 spiro atoms. The first kappa shape index (κ1) is 14.4. The zero-order valence-corrected chi connectivity index (χ0v) is 10.9. The number of halogens is 1. The summed E-state index contributed by atoms with van der Waals surface area (Å²) in [4.78, 5) is 11.6. The fraction of sp³-hybridized carbons (Fsp3) is 0.462. The van der Waals surface area contributed by atoms with Crippen LogP contribution in [0.4, 0.5) is 4.39 Å². The Morgan fingerprint density at radius 2 is 2.17 bits per heavy atom. The van der Waals surface area contributed by atoms with Crippen molar-refractivity contribution in [2.45, 2.75) is 32.9 Å². The van der Waals surface area contributed by atoms with E-state index in [-0.39, 0.29) is 11.9 Å². The van der Waals surface area contributed by atoms with E-state index in [4.69, 9.17) is 10.5 Å². The number of carbonyl (C=O) groups excluding carboxylic acids is 1. The lowest BCUT2D eigenvalue weighted by Crippen LogP contribution is -2.36. The van der Waals surface area contributed by atoms with E-state index in [1.54, 1.807) is 19.9 Å². The van der Waals surface area contributed by atoms with Gasteiger partial charge >= 0.3 is 0 Å². The molecule has 1 rings (SSSR count). The van der Waals surface area contributed by atoms with Crippen LogP contribution in [0.15, 0.2) is 18.2 Å². The van der Waals surface area contributed by atoms with Crippen LogP contribution < -0.4 is 15.8 Å². The number of rotatable bonds is 5. The van der Waals surface area contributed by atoms with Crippen LogP contribution in [0.25, 0.3) is 0 Å². The van der Waals surface area contributed by atoms with E-state index in [9.17, 15) is 9.18 Å². The van der Waals surface area contributed by atoms with Gasteiger partial charge in [-0.1, -0.05) is 6.07 Å². The Hall–Kier alpha value is -1.62. The van der Waals surface area contributed by atoms with Crippen molar-refractivity contribution in [1.82, 2.24) is 5.32 Å². The first-order valence-electron chi connectivity index (χ1n) is 5.95. The highest BCUT2D eigenvalue weighted by Gasteiger charge is 2.17. The van der Waals surface area contributed by atoms with E-state index < -0.39 is 11.9 Å². The summed E-state index contributed by atoms with van der Waals surface area (Å²) in [7, 11) is 0. The molecule has 0 aromatic heterocycles. The second kappa shape index (κ2) is 6.35. The Balaban J connectivity index is 2.88. The van der Waals surface area contributed by atoms with Gasteiger partial charge in [0.25, 0.3) is 5.91 Å². The van der Waals surface area contributed by atoms with Crippen molar-refractivity contribution in [2.24, 2.45) is 5.73 Å². The number of amides is 1. The predicted molar refractivity (Wildman–Crippen MR) is 67.8 cm³/mol. The Kier molecular flexibility index (Phi) is 5.09. The summed E-state index contributed by atoms with van der Waals surface area (Å²) in [5.74, 6) is -0.348. The van der Waals surface area contributed by atoms with Crippen LogP contribution in [-0.2, 0) is 4.79 Å². The monoisotopic (exact) mass is 254 g/mol. The highest BCUT2D eigenvalue weighted by atomic mass is 19.1. The minimum absolute atomic E-state index is 0.239. The number of hydrogen-bond acceptors (Lipinski definition) is 3. The number of carbonyl (C=O) groups is 1. The minimum Gasteiger partial charge on any atom is -0.480 e. The molecule has 0 aliphatic carbocycles. The number of nitrogens with one attached hydrogen (secondary N) is 1. The average Bonchev–Trinajstić information content (AvgIpc) is 2.28. The van der Waals surface area contributed by atoms with E-state index in [1.807, 2.05) is 6.92 Å². The Bertz CT molecular complexity index is 421. The van der Waals surface area contributed by atoms with Gasteiger partial charge in [0.05, 0.1) is 0 Å². The lowest BCUT2D eigenvalue weighted by molar-refractivity contribution is -0.127. The molecular formula is C13H19FN2O2. The molecule has 0 radical (unpaired) electrons. The largest absolute Gasteiger partial charge is 0.480 e. The summed E-state index contributed by atoms with van der Waals surface area (Å²) in [6.07, 6.45) is -0.691. The van der Waals surface area contributed by atoms with Gasteiger partial charge in [-0.25, -0.2) is 4.39 Å². The molecule has 0 fully saturated rings. The molecule has 5 heteroatoms. The van der Waals surface area contributed by atoms with Gasteiger partial charge in [0.1, 0.15) is 11.6 Å². The predicted octanol–water partition coefficient (Wildman–Crippen LogP) is 1.75. The van der Waals surface area contributed by atoms with Crippen LogP contribution in [0.2, 0.25) is 0 Å². The van der Waals surface area contributed by atoms with Crippen LogP contribution in [-0.4, -0.2) is 18.6 Å². The van der Waals surface area contributed by atoms with Crippen LogP contribution in [0.5, 0.6) is 5.75 Å². The van der Waals surface area contributed by atoms with Gasteiger partial charge in [0, 0.05) is 24.2 Å². The van der Waals surface area contributed by atoms with Gasteiger partial charge in [-0.15, -0.1) is 0 Å².